The van der Waals surface area contributed by atoms with Crippen molar-refractivity contribution in [2.45, 2.75) is 30.8 Å². The number of rotatable bonds is 5. The van der Waals surface area contributed by atoms with Crippen LogP contribution >= 0.6 is 0 Å². The molecule has 20 heavy (non-hydrogen) atoms. The lowest BCUT2D eigenvalue weighted by Gasteiger charge is -2.34. The molecule has 0 heterocycles. The largest absolute Gasteiger partial charge is 0.393 e. The van der Waals surface area contributed by atoms with Crippen molar-refractivity contribution in [3.63, 3.8) is 0 Å². The van der Waals surface area contributed by atoms with E-state index in [4.69, 9.17) is 0 Å². The molecule has 1 aromatic rings. The van der Waals surface area contributed by atoms with Gasteiger partial charge >= 0.3 is 0 Å². The minimum Gasteiger partial charge on any atom is -0.393 e. The molecule has 0 aromatic heterocycles. The molecular formula is C14H19NO4S. The normalized spacial score (nSPS) is 22.6. The van der Waals surface area contributed by atoms with Crippen LogP contribution in [-0.2, 0) is 10.0 Å². The molecule has 1 fully saturated rings. The van der Waals surface area contributed by atoms with Gasteiger partial charge in [0.1, 0.15) is 0 Å². The lowest BCUT2D eigenvalue weighted by molar-refractivity contribution is 0.0367. The first-order chi connectivity index (χ1) is 9.30. The smallest absolute Gasteiger partial charge is 0.242 e. The molecule has 0 spiro atoms. The van der Waals surface area contributed by atoms with Crippen LogP contribution in [0.25, 0.3) is 0 Å². The number of carbonyl (C=O) groups is 1. The van der Waals surface area contributed by atoms with Crippen molar-refractivity contribution in [3.05, 3.63) is 29.8 Å². The summed E-state index contributed by atoms with van der Waals surface area (Å²) in [6, 6.07) is 5.96. The van der Waals surface area contributed by atoms with Gasteiger partial charge in [-0.15, -0.1) is 0 Å². The van der Waals surface area contributed by atoms with Gasteiger partial charge in [-0.2, -0.15) is 0 Å². The monoisotopic (exact) mass is 297 g/mol. The summed E-state index contributed by atoms with van der Waals surface area (Å²) in [7, 11) is -1.99. The molecule has 1 aliphatic rings. The van der Waals surface area contributed by atoms with Crippen LogP contribution in [0.4, 0.5) is 0 Å². The van der Waals surface area contributed by atoms with E-state index in [1.54, 1.807) is 7.05 Å². The van der Waals surface area contributed by atoms with Crippen LogP contribution in [0.15, 0.2) is 29.2 Å². The number of benzene rings is 1. The standard InChI is InChI=1S/C14H19NO4S/c1-10(16)12-3-5-14(6-4-12)20(18,19)15(2)9-11-7-13(17)8-11/h3-6,11,13,17H,7-9H2,1-2H3. The predicted octanol–water partition coefficient (Wildman–Crippen LogP) is 1.28. The summed E-state index contributed by atoms with van der Waals surface area (Å²) in [5, 5.41) is 9.23. The number of Topliss-reactive ketones (excluding diaryl/α,β-unsaturated/α-hetero) is 1. The van der Waals surface area contributed by atoms with Gasteiger partial charge < -0.3 is 5.11 Å². The molecule has 6 heteroatoms. The predicted molar refractivity (Wildman–Crippen MR) is 75.0 cm³/mol. The highest BCUT2D eigenvalue weighted by Crippen LogP contribution is 2.29. The van der Waals surface area contributed by atoms with Gasteiger partial charge in [0.25, 0.3) is 0 Å². The molecule has 1 aromatic carbocycles. The summed E-state index contributed by atoms with van der Waals surface area (Å²) in [6.07, 6.45) is 1.03. The minimum absolute atomic E-state index is 0.0919. The van der Waals surface area contributed by atoms with E-state index in [0.29, 0.717) is 24.9 Å². The average Bonchev–Trinajstić information content (AvgIpc) is 2.36. The fourth-order valence-electron chi connectivity index (χ4n) is 2.35. The highest BCUT2D eigenvalue weighted by atomic mass is 32.2. The number of aliphatic hydroxyl groups excluding tert-OH is 1. The van der Waals surface area contributed by atoms with Gasteiger partial charge in [-0.3, -0.25) is 4.79 Å². The zero-order chi connectivity index (χ0) is 14.9. The molecule has 1 N–H and O–H groups in total. The van der Waals surface area contributed by atoms with Crippen LogP contribution in [0, 0.1) is 5.92 Å². The van der Waals surface area contributed by atoms with Gasteiger partial charge in [-0.1, -0.05) is 12.1 Å². The average molecular weight is 297 g/mol. The molecule has 0 radical (unpaired) electrons. The highest BCUT2D eigenvalue weighted by Gasteiger charge is 2.31. The van der Waals surface area contributed by atoms with Crippen molar-refractivity contribution < 1.29 is 18.3 Å². The van der Waals surface area contributed by atoms with Crippen LogP contribution in [0.3, 0.4) is 0 Å². The number of sulfonamides is 1. The van der Waals surface area contributed by atoms with Gasteiger partial charge in [0.2, 0.25) is 10.0 Å². The fraction of sp³-hybridized carbons (Fsp3) is 0.500. The van der Waals surface area contributed by atoms with Gasteiger partial charge in [0.05, 0.1) is 11.0 Å². The molecule has 110 valence electrons. The Morgan fingerprint density at radius 1 is 1.30 bits per heavy atom. The van der Waals surface area contributed by atoms with Gasteiger partial charge in [0, 0.05) is 19.2 Å². The number of ketones is 1. The Kier molecular flexibility index (Phi) is 4.27. The topological polar surface area (TPSA) is 74.7 Å². The number of hydrogen-bond acceptors (Lipinski definition) is 4. The van der Waals surface area contributed by atoms with Crippen LogP contribution in [0.2, 0.25) is 0 Å². The molecule has 0 atom stereocenters. The zero-order valence-electron chi connectivity index (χ0n) is 11.6. The Balaban J connectivity index is 2.10. The number of hydrogen-bond donors (Lipinski definition) is 1. The Labute approximate surface area is 119 Å². The van der Waals surface area contributed by atoms with E-state index in [0.717, 1.165) is 0 Å². The Hall–Kier alpha value is -1.24. The van der Waals surface area contributed by atoms with Crippen LogP contribution in [-0.4, -0.2) is 43.3 Å². The number of carbonyl (C=O) groups excluding carboxylic acids is 1. The van der Waals surface area contributed by atoms with E-state index in [-0.39, 0.29) is 22.7 Å². The third-order valence-corrected chi connectivity index (χ3v) is 5.53. The lowest BCUT2D eigenvalue weighted by Crippen LogP contribution is -2.39. The van der Waals surface area contributed by atoms with Gasteiger partial charge in [0.15, 0.2) is 5.78 Å². The second kappa shape index (κ2) is 5.63. The van der Waals surface area contributed by atoms with E-state index in [9.17, 15) is 18.3 Å². The van der Waals surface area contributed by atoms with Crippen LogP contribution < -0.4 is 0 Å². The maximum atomic E-state index is 12.3. The molecule has 0 saturated heterocycles. The molecule has 5 nitrogen and oxygen atoms in total. The molecule has 1 saturated carbocycles. The molecule has 0 bridgehead atoms. The van der Waals surface area contributed by atoms with E-state index < -0.39 is 10.0 Å². The summed E-state index contributed by atoms with van der Waals surface area (Å²) in [5.41, 5.74) is 0.494. The van der Waals surface area contributed by atoms with E-state index >= 15 is 0 Å². The number of aliphatic hydroxyl groups is 1. The third kappa shape index (κ3) is 3.08. The van der Waals surface area contributed by atoms with E-state index in [2.05, 4.69) is 0 Å². The summed E-state index contributed by atoms with van der Waals surface area (Å²) >= 11 is 0. The van der Waals surface area contributed by atoms with Crippen molar-refractivity contribution in [1.82, 2.24) is 4.31 Å². The zero-order valence-corrected chi connectivity index (χ0v) is 12.4. The van der Waals surface area contributed by atoms with Crippen molar-refractivity contribution >= 4 is 15.8 Å². The quantitative estimate of drug-likeness (QED) is 0.831. The SMILES string of the molecule is CC(=O)c1ccc(S(=O)(=O)N(C)CC2CC(O)C2)cc1. The molecule has 0 unspecified atom stereocenters. The summed E-state index contributed by atoms with van der Waals surface area (Å²) < 4.78 is 26.0. The van der Waals surface area contributed by atoms with E-state index in [1.807, 2.05) is 0 Å². The lowest BCUT2D eigenvalue weighted by atomic mass is 9.82. The maximum absolute atomic E-state index is 12.3. The molecule has 0 aliphatic heterocycles. The van der Waals surface area contributed by atoms with Crippen molar-refractivity contribution in [2.24, 2.45) is 5.92 Å². The maximum Gasteiger partial charge on any atom is 0.242 e. The molecular weight excluding hydrogens is 278 g/mol. The Bertz CT molecular complexity index is 588. The first kappa shape index (κ1) is 15.2. The van der Waals surface area contributed by atoms with Crippen LogP contribution in [0.1, 0.15) is 30.1 Å². The number of nitrogens with zero attached hydrogens (tertiary/aromatic N) is 1. The fourth-order valence-corrected chi connectivity index (χ4v) is 3.60. The molecule has 0 amide bonds. The first-order valence-electron chi connectivity index (χ1n) is 6.56. The van der Waals surface area contributed by atoms with Crippen molar-refractivity contribution in [3.8, 4) is 0 Å². The summed E-state index contributed by atoms with van der Waals surface area (Å²) in [6.45, 7) is 1.85. The van der Waals surface area contributed by atoms with E-state index in [1.165, 1.54) is 35.5 Å². The Morgan fingerprint density at radius 3 is 2.30 bits per heavy atom. The van der Waals surface area contributed by atoms with Crippen molar-refractivity contribution in [1.29, 1.82) is 0 Å². The van der Waals surface area contributed by atoms with Gasteiger partial charge in [-0.25, -0.2) is 12.7 Å². The summed E-state index contributed by atoms with van der Waals surface area (Å²) in [4.78, 5) is 11.4. The Morgan fingerprint density at radius 2 is 1.85 bits per heavy atom. The minimum atomic E-state index is -3.53. The summed E-state index contributed by atoms with van der Waals surface area (Å²) in [5.74, 6) is 0.132. The second-order valence-electron chi connectivity index (χ2n) is 5.36. The van der Waals surface area contributed by atoms with Gasteiger partial charge in [-0.05, 0) is 37.8 Å². The highest BCUT2D eigenvalue weighted by molar-refractivity contribution is 7.89. The molecule has 1 aliphatic carbocycles. The molecule has 2 rings (SSSR count). The van der Waals surface area contributed by atoms with Crippen LogP contribution in [0.5, 0.6) is 0 Å². The third-order valence-electron chi connectivity index (χ3n) is 3.70. The first-order valence-corrected chi connectivity index (χ1v) is 8.00. The second-order valence-corrected chi connectivity index (χ2v) is 7.40. The van der Waals surface area contributed by atoms with Crippen molar-refractivity contribution in [2.75, 3.05) is 13.6 Å².